The predicted molar refractivity (Wildman–Crippen MR) is 54.2 cm³/mol. The minimum Gasteiger partial charge on any atom is -0.387 e. The lowest BCUT2D eigenvalue weighted by Crippen LogP contribution is -2.18. The molecule has 8 heteroatoms. The van der Waals surface area contributed by atoms with Crippen LogP contribution in [0.3, 0.4) is 0 Å². The Hall–Kier alpha value is -0.340. The summed E-state index contributed by atoms with van der Waals surface area (Å²) in [6, 6.07) is 1.41. The maximum absolute atomic E-state index is 11.9. The lowest BCUT2D eigenvalue weighted by molar-refractivity contribution is -0.276. The third-order valence-corrected chi connectivity index (χ3v) is 2.66. The molecule has 0 bridgehead atoms. The van der Waals surface area contributed by atoms with E-state index in [1.807, 2.05) is 0 Å². The Kier molecular flexibility index (Phi) is 3.96. The Morgan fingerprint density at radius 3 is 2.47 bits per heavy atom. The van der Waals surface area contributed by atoms with Gasteiger partial charge in [0.15, 0.2) is 0 Å². The van der Waals surface area contributed by atoms with Gasteiger partial charge in [-0.05, 0) is 43.5 Å². The van der Waals surface area contributed by atoms with Crippen LogP contribution in [0.15, 0.2) is 15.1 Å². The Morgan fingerprint density at radius 2 is 2.00 bits per heavy atom. The summed E-state index contributed by atoms with van der Waals surface area (Å²) < 4.78 is 39.8. The molecule has 0 atom stereocenters. The summed E-state index contributed by atoms with van der Waals surface area (Å²) in [6.07, 6.45) is -4.76. The Bertz CT molecular complexity index is 370. The zero-order valence-electron chi connectivity index (χ0n) is 7.11. The quantitative estimate of drug-likeness (QED) is 0.835. The molecule has 0 spiro atoms. The second kappa shape index (κ2) is 4.67. The van der Waals surface area contributed by atoms with Crippen LogP contribution >= 0.6 is 31.9 Å². The third-order valence-electron chi connectivity index (χ3n) is 1.40. The highest BCUT2D eigenvalue weighted by molar-refractivity contribution is 9.11. The fourth-order valence-corrected chi connectivity index (χ4v) is 1.70. The molecule has 0 aromatic carbocycles. The Labute approximate surface area is 100 Å². The van der Waals surface area contributed by atoms with Gasteiger partial charge in [-0.15, -0.1) is 13.2 Å². The fraction of sp³-hybridized carbons (Fsp3) is 0.286. The largest absolute Gasteiger partial charge is 0.574 e. The van der Waals surface area contributed by atoms with Crippen LogP contribution in [0.2, 0.25) is 0 Å². The van der Waals surface area contributed by atoms with Crippen molar-refractivity contribution in [2.45, 2.75) is 12.9 Å². The molecule has 15 heavy (non-hydrogen) atoms. The van der Waals surface area contributed by atoms with Crippen molar-refractivity contribution in [3.63, 3.8) is 0 Å². The van der Waals surface area contributed by atoms with Gasteiger partial charge >= 0.3 is 6.36 Å². The van der Waals surface area contributed by atoms with Crippen molar-refractivity contribution in [1.82, 2.24) is 4.98 Å². The van der Waals surface area contributed by atoms with Crippen molar-refractivity contribution in [2.75, 3.05) is 0 Å². The molecule has 0 unspecified atom stereocenters. The third kappa shape index (κ3) is 3.62. The summed E-state index contributed by atoms with van der Waals surface area (Å²) in [5, 5.41) is 0. The molecule has 0 radical (unpaired) electrons. The molecule has 1 aromatic rings. The molecule has 0 amide bonds. The van der Waals surface area contributed by atoms with E-state index in [0.29, 0.717) is 5.56 Å². The first-order chi connectivity index (χ1) is 6.83. The van der Waals surface area contributed by atoms with Crippen LogP contribution in [0.1, 0.15) is 5.56 Å². The van der Waals surface area contributed by atoms with Gasteiger partial charge in [-0.25, -0.2) is 4.98 Å². The minimum absolute atomic E-state index is 0.100. The lowest BCUT2D eigenvalue weighted by Gasteiger charge is -2.11. The molecule has 0 fully saturated rings. The van der Waals surface area contributed by atoms with E-state index in [9.17, 15) is 13.2 Å². The van der Waals surface area contributed by atoms with Gasteiger partial charge in [0.1, 0.15) is 4.60 Å². The molecule has 0 aliphatic heterocycles. The topological polar surface area (TPSA) is 48.1 Å². The zero-order valence-corrected chi connectivity index (χ0v) is 10.3. The number of nitrogens with zero attached hydrogens (tertiary/aromatic N) is 1. The van der Waals surface area contributed by atoms with Gasteiger partial charge < -0.3 is 10.5 Å². The van der Waals surface area contributed by atoms with E-state index in [-0.39, 0.29) is 15.6 Å². The Balaban J connectivity index is 3.05. The van der Waals surface area contributed by atoms with Gasteiger partial charge in [-0.1, -0.05) is 0 Å². The van der Waals surface area contributed by atoms with Crippen molar-refractivity contribution in [3.05, 3.63) is 20.7 Å². The van der Waals surface area contributed by atoms with Crippen LogP contribution in [-0.4, -0.2) is 11.3 Å². The molecular weight excluding hydrogens is 345 g/mol. The molecule has 1 rings (SSSR count). The average molecular weight is 350 g/mol. The van der Waals surface area contributed by atoms with Crippen LogP contribution in [0.4, 0.5) is 13.2 Å². The highest BCUT2D eigenvalue weighted by atomic mass is 79.9. The zero-order chi connectivity index (χ0) is 11.6. The lowest BCUT2D eigenvalue weighted by atomic mass is 10.3. The van der Waals surface area contributed by atoms with E-state index in [2.05, 4.69) is 41.6 Å². The summed E-state index contributed by atoms with van der Waals surface area (Å²) in [4.78, 5) is 3.58. The summed E-state index contributed by atoms with van der Waals surface area (Å²) in [5.74, 6) is -0.549. The van der Waals surface area contributed by atoms with Gasteiger partial charge in [-0.3, -0.25) is 0 Å². The van der Waals surface area contributed by atoms with Crippen molar-refractivity contribution in [3.8, 4) is 5.88 Å². The van der Waals surface area contributed by atoms with E-state index >= 15 is 0 Å². The van der Waals surface area contributed by atoms with Crippen LogP contribution in [-0.2, 0) is 6.54 Å². The molecule has 0 saturated heterocycles. The second-order valence-electron chi connectivity index (χ2n) is 2.48. The maximum Gasteiger partial charge on any atom is 0.574 e. The SMILES string of the molecule is NCc1cc(Br)c(OC(F)(F)F)nc1Br. The van der Waals surface area contributed by atoms with E-state index in [1.54, 1.807) is 0 Å². The number of alkyl halides is 3. The number of hydrogen-bond acceptors (Lipinski definition) is 3. The monoisotopic (exact) mass is 348 g/mol. The molecule has 0 aliphatic carbocycles. The summed E-state index contributed by atoms with van der Waals surface area (Å²) in [6.45, 7) is 0.165. The average Bonchev–Trinajstić information content (AvgIpc) is 2.08. The number of aromatic nitrogens is 1. The maximum atomic E-state index is 11.9. The predicted octanol–water partition coefficient (Wildman–Crippen LogP) is 2.96. The van der Waals surface area contributed by atoms with Gasteiger partial charge in [0.2, 0.25) is 5.88 Å². The Morgan fingerprint density at radius 1 is 1.40 bits per heavy atom. The molecule has 2 N–H and O–H groups in total. The minimum atomic E-state index is -4.76. The smallest absolute Gasteiger partial charge is 0.387 e. The number of halogens is 5. The van der Waals surface area contributed by atoms with Gasteiger partial charge in [0.05, 0.1) is 4.47 Å². The molecule has 1 aromatic heterocycles. The fourth-order valence-electron chi connectivity index (χ4n) is 0.813. The number of ether oxygens (including phenoxy) is 1. The number of pyridine rings is 1. The first-order valence-electron chi connectivity index (χ1n) is 3.64. The van der Waals surface area contributed by atoms with Crippen molar-refractivity contribution in [2.24, 2.45) is 5.73 Å². The molecule has 3 nitrogen and oxygen atoms in total. The first kappa shape index (κ1) is 12.7. The van der Waals surface area contributed by atoms with Crippen molar-refractivity contribution in [1.29, 1.82) is 0 Å². The highest BCUT2D eigenvalue weighted by Gasteiger charge is 2.33. The summed E-state index contributed by atoms with van der Waals surface area (Å²) >= 11 is 5.90. The summed E-state index contributed by atoms with van der Waals surface area (Å²) in [5.41, 5.74) is 5.92. The molecule has 1 heterocycles. The highest BCUT2D eigenvalue weighted by Crippen LogP contribution is 2.31. The molecular formula is C7H5Br2F3N2O. The van der Waals surface area contributed by atoms with E-state index in [4.69, 9.17) is 5.73 Å². The van der Waals surface area contributed by atoms with E-state index < -0.39 is 12.2 Å². The normalized spacial score (nSPS) is 11.6. The van der Waals surface area contributed by atoms with Crippen molar-refractivity contribution < 1.29 is 17.9 Å². The van der Waals surface area contributed by atoms with Crippen LogP contribution in [0.5, 0.6) is 5.88 Å². The number of hydrogen-bond donors (Lipinski definition) is 1. The van der Waals surface area contributed by atoms with Crippen LogP contribution in [0, 0.1) is 0 Å². The standard InChI is InChI=1S/C7H5Br2F3N2O/c8-4-1-3(2-13)5(9)14-6(4)15-7(10,11)12/h1H,2,13H2. The number of rotatable bonds is 2. The molecule has 0 aliphatic rings. The van der Waals surface area contributed by atoms with Crippen LogP contribution < -0.4 is 10.5 Å². The van der Waals surface area contributed by atoms with Gasteiger partial charge in [-0.2, -0.15) is 0 Å². The van der Waals surface area contributed by atoms with Crippen molar-refractivity contribution >= 4 is 31.9 Å². The van der Waals surface area contributed by atoms with E-state index in [0.717, 1.165) is 0 Å². The summed E-state index contributed by atoms with van der Waals surface area (Å²) in [7, 11) is 0. The van der Waals surface area contributed by atoms with Gasteiger partial charge in [0.25, 0.3) is 0 Å². The van der Waals surface area contributed by atoms with Crippen LogP contribution in [0.25, 0.3) is 0 Å². The van der Waals surface area contributed by atoms with E-state index in [1.165, 1.54) is 6.07 Å². The first-order valence-corrected chi connectivity index (χ1v) is 5.23. The van der Waals surface area contributed by atoms with Gasteiger partial charge in [0, 0.05) is 6.54 Å². The number of nitrogens with two attached hydrogens (primary N) is 1. The second-order valence-corrected chi connectivity index (χ2v) is 4.08. The molecule has 0 saturated carbocycles. The molecule has 84 valence electrons.